The van der Waals surface area contributed by atoms with Gasteiger partial charge in [-0.15, -0.1) is 0 Å². The van der Waals surface area contributed by atoms with E-state index in [9.17, 15) is 0 Å². The highest BCUT2D eigenvalue weighted by atomic mass is 16.5. The molecule has 1 aromatic heterocycles. The first-order valence-corrected chi connectivity index (χ1v) is 6.83. The van der Waals surface area contributed by atoms with Crippen LogP contribution in [0.25, 0.3) is 0 Å². The number of nitrogen functional groups attached to an aromatic ring is 1. The maximum atomic E-state index is 5.74. The zero-order chi connectivity index (χ0) is 12.4. The number of hydrogen-bond donors (Lipinski definition) is 2. The van der Waals surface area contributed by atoms with Crippen LogP contribution in [0.1, 0.15) is 42.8 Å². The molecule has 0 bridgehead atoms. The molecule has 3 N–H and O–H groups in total. The summed E-state index contributed by atoms with van der Waals surface area (Å²) >= 11 is 0. The second-order valence-electron chi connectivity index (χ2n) is 5.10. The van der Waals surface area contributed by atoms with Gasteiger partial charge in [-0.2, -0.15) is 0 Å². The van der Waals surface area contributed by atoms with Crippen molar-refractivity contribution in [2.75, 3.05) is 12.0 Å². The van der Waals surface area contributed by atoms with Gasteiger partial charge in [-0.1, -0.05) is 0 Å². The topological polar surface area (TPSA) is 73.1 Å². The predicted molar refractivity (Wildman–Crippen MR) is 69.2 cm³/mol. The fourth-order valence-corrected chi connectivity index (χ4v) is 2.87. The van der Waals surface area contributed by atoms with Crippen molar-refractivity contribution in [3.05, 3.63) is 17.1 Å². The number of rotatable bonds is 3. The number of ether oxygens (including phenoxy) is 1. The first kappa shape index (κ1) is 11.9. The van der Waals surface area contributed by atoms with E-state index in [1.807, 2.05) is 0 Å². The van der Waals surface area contributed by atoms with E-state index in [1.165, 1.54) is 24.1 Å². The summed E-state index contributed by atoms with van der Waals surface area (Å²) in [4.78, 5) is 9.20. The molecule has 0 amide bonds. The summed E-state index contributed by atoms with van der Waals surface area (Å²) in [6.07, 6.45) is 7.87. The molecule has 3 rings (SSSR count). The number of fused-ring (bicyclic) bond motifs is 1. The molecular weight excluding hydrogens is 228 g/mol. The summed E-state index contributed by atoms with van der Waals surface area (Å²) in [5, 5.41) is 0. The number of nitrogens with one attached hydrogen (secondary N) is 1. The van der Waals surface area contributed by atoms with E-state index in [-0.39, 0.29) is 6.10 Å². The Balaban J connectivity index is 1.79. The summed E-state index contributed by atoms with van der Waals surface area (Å²) in [6.45, 7) is 0.873. The fourth-order valence-electron chi connectivity index (χ4n) is 2.87. The van der Waals surface area contributed by atoms with Crippen LogP contribution in [-0.2, 0) is 24.0 Å². The van der Waals surface area contributed by atoms with Crippen molar-refractivity contribution < 1.29 is 4.74 Å². The fraction of sp³-hybridized carbons (Fsp3) is 0.692. The Bertz CT molecular complexity index is 429. The van der Waals surface area contributed by atoms with Gasteiger partial charge < -0.3 is 10.2 Å². The standard InChI is InChI=1S/C13H20N4O/c14-17-13-10-5-3-6-11(10)15-12(16-13)8-9-4-1-2-7-18-9/h9H,1-8,14H2,(H,15,16,17). The maximum absolute atomic E-state index is 5.74. The van der Waals surface area contributed by atoms with Gasteiger partial charge in [0.1, 0.15) is 11.6 Å². The summed E-state index contributed by atoms with van der Waals surface area (Å²) in [5.74, 6) is 7.23. The van der Waals surface area contributed by atoms with Crippen LogP contribution in [0.4, 0.5) is 5.82 Å². The molecule has 5 nitrogen and oxygen atoms in total. The highest BCUT2D eigenvalue weighted by Crippen LogP contribution is 2.26. The third-order valence-electron chi connectivity index (χ3n) is 3.80. The molecule has 18 heavy (non-hydrogen) atoms. The van der Waals surface area contributed by atoms with Crippen LogP contribution in [0.2, 0.25) is 0 Å². The predicted octanol–water partition coefficient (Wildman–Crippen LogP) is 1.36. The SMILES string of the molecule is NNc1nc(CC2CCCCO2)nc2c1CCC2. The molecule has 1 aromatic rings. The molecule has 0 radical (unpaired) electrons. The Labute approximate surface area is 107 Å². The molecule has 1 saturated heterocycles. The minimum atomic E-state index is 0.281. The largest absolute Gasteiger partial charge is 0.378 e. The number of aromatic nitrogens is 2. The zero-order valence-electron chi connectivity index (χ0n) is 10.6. The number of hydrogen-bond acceptors (Lipinski definition) is 5. The molecule has 1 unspecified atom stereocenters. The van der Waals surface area contributed by atoms with E-state index >= 15 is 0 Å². The van der Waals surface area contributed by atoms with Gasteiger partial charge in [0, 0.05) is 24.3 Å². The van der Waals surface area contributed by atoms with Crippen molar-refractivity contribution in [1.29, 1.82) is 0 Å². The quantitative estimate of drug-likeness (QED) is 0.624. The minimum absolute atomic E-state index is 0.281. The summed E-state index contributed by atoms with van der Waals surface area (Å²) in [5.41, 5.74) is 5.08. The lowest BCUT2D eigenvalue weighted by Gasteiger charge is -2.22. The summed E-state index contributed by atoms with van der Waals surface area (Å²) in [7, 11) is 0. The van der Waals surface area contributed by atoms with Crippen LogP contribution in [0.15, 0.2) is 0 Å². The third kappa shape index (κ3) is 2.33. The summed E-state index contributed by atoms with van der Waals surface area (Å²) < 4.78 is 5.74. The number of hydrazine groups is 1. The van der Waals surface area contributed by atoms with Crippen molar-refractivity contribution >= 4 is 5.82 Å². The third-order valence-corrected chi connectivity index (χ3v) is 3.80. The van der Waals surface area contributed by atoms with E-state index in [0.717, 1.165) is 50.4 Å². The number of nitrogens with zero attached hydrogens (tertiary/aromatic N) is 2. The maximum Gasteiger partial charge on any atom is 0.147 e. The van der Waals surface area contributed by atoms with Crippen molar-refractivity contribution in [2.45, 2.75) is 51.0 Å². The second-order valence-corrected chi connectivity index (χ2v) is 5.10. The Morgan fingerprint density at radius 2 is 2.17 bits per heavy atom. The lowest BCUT2D eigenvalue weighted by Crippen LogP contribution is -2.23. The van der Waals surface area contributed by atoms with E-state index in [2.05, 4.69) is 15.4 Å². The first-order valence-electron chi connectivity index (χ1n) is 6.83. The molecule has 0 saturated carbocycles. The molecule has 1 aliphatic carbocycles. The highest BCUT2D eigenvalue weighted by molar-refractivity contribution is 5.47. The van der Waals surface area contributed by atoms with Gasteiger partial charge in [-0.05, 0) is 38.5 Å². The number of aryl methyl sites for hydroxylation is 1. The van der Waals surface area contributed by atoms with Gasteiger partial charge in [0.05, 0.1) is 6.10 Å². The van der Waals surface area contributed by atoms with Crippen LogP contribution in [0.3, 0.4) is 0 Å². The number of nitrogens with two attached hydrogens (primary N) is 1. The van der Waals surface area contributed by atoms with Gasteiger partial charge in [0.25, 0.3) is 0 Å². The minimum Gasteiger partial charge on any atom is -0.378 e. The average Bonchev–Trinajstić information content (AvgIpc) is 2.87. The zero-order valence-corrected chi connectivity index (χ0v) is 10.6. The molecule has 98 valence electrons. The van der Waals surface area contributed by atoms with Gasteiger partial charge in [0.15, 0.2) is 0 Å². The smallest absolute Gasteiger partial charge is 0.147 e. The van der Waals surface area contributed by atoms with E-state index in [0.29, 0.717) is 0 Å². The number of anilines is 1. The molecule has 1 atom stereocenters. The monoisotopic (exact) mass is 248 g/mol. The van der Waals surface area contributed by atoms with Crippen LogP contribution >= 0.6 is 0 Å². The van der Waals surface area contributed by atoms with Crippen molar-refractivity contribution in [1.82, 2.24) is 9.97 Å². The molecule has 0 spiro atoms. The van der Waals surface area contributed by atoms with Crippen molar-refractivity contribution in [2.24, 2.45) is 5.84 Å². The van der Waals surface area contributed by atoms with E-state index in [1.54, 1.807) is 0 Å². The Morgan fingerprint density at radius 1 is 1.22 bits per heavy atom. The normalized spacial score (nSPS) is 22.8. The molecule has 2 heterocycles. The molecule has 0 aromatic carbocycles. The highest BCUT2D eigenvalue weighted by Gasteiger charge is 2.21. The van der Waals surface area contributed by atoms with Crippen LogP contribution in [0, 0.1) is 0 Å². The molecular formula is C13H20N4O. The first-order chi connectivity index (χ1) is 8.86. The Hall–Kier alpha value is -1.20. The molecule has 1 aliphatic heterocycles. The van der Waals surface area contributed by atoms with Gasteiger partial charge in [0.2, 0.25) is 0 Å². The summed E-state index contributed by atoms with van der Waals surface area (Å²) in [6, 6.07) is 0. The second kappa shape index (κ2) is 5.20. The van der Waals surface area contributed by atoms with Gasteiger partial charge in [-0.3, -0.25) is 0 Å². The average molecular weight is 248 g/mol. The Kier molecular flexibility index (Phi) is 3.43. The van der Waals surface area contributed by atoms with Crippen LogP contribution < -0.4 is 11.3 Å². The lowest BCUT2D eigenvalue weighted by atomic mass is 10.1. The molecule has 1 fully saturated rings. The molecule has 5 heteroatoms. The van der Waals surface area contributed by atoms with E-state index < -0.39 is 0 Å². The van der Waals surface area contributed by atoms with Crippen LogP contribution in [-0.4, -0.2) is 22.7 Å². The van der Waals surface area contributed by atoms with Crippen molar-refractivity contribution in [3.63, 3.8) is 0 Å². The Morgan fingerprint density at radius 3 is 2.94 bits per heavy atom. The van der Waals surface area contributed by atoms with Gasteiger partial charge >= 0.3 is 0 Å². The molecule has 2 aliphatic rings. The van der Waals surface area contributed by atoms with Crippen molar-refractivity contribution in [3.8, 4) is 0 Å². The van der Waals surface area contributed by atoms with E-state index in [4.69, 9.17) is 10.6 Å². The lowest BCUT2D eigenvalue weighted by molar-refractivity contribution is 0.0156. The van der Waals surface area contributed by atoms with Gasteiger partial charge in [-0.25, -0.2) is 15.8 Å². The van der Waals surface area contributed by atoms with Crippen LogP contribution in [0.5, 0.6) is 0 Å².